The number of carbonyl (C=O) groups excluding carboxylic acids is 1. The van der Waals surface area contributed by atoms with Gasteiger partial charge in [-0.2, -0.15) is 0 Å². The van der Waals surface area contributed by atoms with Gasteiger partial charge in [-0.05, 0) is 35.9 Å². The van der Waals surface area contributed by atoms with Gasteiger partial charge in [0.1, 0.15) is 0 Å². The molecular weight excluding hydrogens is 302 g/mol. The normalized spacial score (nSPS) is 11.2. The predicted octanol–water partition coefficient (Wildman–Crippen LogP) is 1.54. The zero-order valence-electron chi connectivity index (χ0n) is 12.4. The van der Waals surface area contributed by atoms with E-state index >= 15 is 0 Å². The topological polar surface area (TPSA) is 79.4 Å². The van der Waals surface area contributed by atoms with E-state index in [4.69, 9.17) is 0 Å². The molecular formula is C15H17N3O3S. The summed E-state index contributed by atoms with van der Waals surface area (Å²) in [6, 6.07) is 9.68. The fourth-order valence-electron chi connectivity index (χ4n) is 1.80. The van der Waals surface area contributed by atoms with Gasteiger partial charge in [-0.25, -0.2) is 13.1 Å². The standard InChI is InChI=1S/C15H17N3O3S/c1-12(19)18(2)14-5-7-15(8-6-14)22(20,21)17-11-13-4-3-9-16-10-13/h3-10,17H,11H2,1-2H3. The number of carbonyl (C=O) groups is 1. The first-order chi connectivity index (χ1) is 10.4. The van der Waals surface area contributed by atoms with Gasteiger partial charge in [0.05, 0.1) is 4.90 Å². The predicted molar refractivity (Wildman–Crippen MR) is 83.8 cm³/mol. The number of nitrogens with zero attached hydrogens (tertiary/aromatic N) is 2. The first-order valence-electron chi connectivity index (χ1n) is 6.63. The lowest BCUT2D eigenvalue weighted by Gasteiger charge is -2.15. The van der Waals surface area contributed by atoms with Gasteiger partial charge in [-0.15, -0.1) is 0 Å². The zero-order valence-corrected chi connectivity index (χ0v) is 13.2. The van der Waals surface area contributed by atoms with Crippen LogP contribution in [0.25, 0.3) is 0 Å². The minimum atomic E-state index is -3.60. The van der Waals surface area contributed by atoms with Crippen LogP contribution in [0.2, 0.25) is 0 Å². The van der Waals surface area contributed by atoms with E-state index in [9.17, 15) is 13.2 Å². The number of aromatic nitrogens is 1. The minimum absolute atomic E-state index is 0.120. The number of benzene rings is 1. The maximum atomic E-state index is 12.2. The van der Waals surface area contributed by atoms with Crippen molar-refractivity contribution >= 4 is 21.6 Å². The number of nitrogens with one attached hydrogen (secondary N) is 1. The molecule has 1 amide bonds. The molecule has 6 nitrogen and oxygen atoms in total. The van der Waals surface area contributed by atoms with Gasteiger partial charge < -0.3 is 4.90 Å². The van der Waals surface area contributed by atoms with E-state index in [1.54, 1.807) is 43.7 Å². The first kappa shape index (κ1) is 16.1. The zero-order chi connectivity index (χ0) is 16.2. The highest BCUT2D eigenvalue weighted by Crippen LogP contribution is 2.17. The molecule has 7 heteroatoms. The van der Waals surface area contributed by atoms with Crippen molar-refractivity contribution in [3.8, 4) is 0 Å². The van der Waals surface area contributed by atoms with Crippen molar-refractivity contribution < 1.29 is 13.2 Å². The second-order valence-electron chi connectivity index (χ2n) is 4.76. The monoisotopic (exact) mass is 319 g/mol. The second-order valence-corrected chi connectivity index (χ2v) is 6.52. The van der Waals surface area contributed by atoms with Gasteiger partial charge in [-0.1, -0.05) is 6.07 Å². The quantitative estimate of drug-likeness (QED) is 0.906. The average molecular weight is 319 g/mol. The van der Waals surface area contributed by atoms with Crippen LogP contribution in [0.15, 0.2) is 53.7 Å². The van der Waals surface area contributed by atoms with Gasteiger partial charge in [-0.3, -0.25) is 9.78 Å². The molecule has 0 bridgehead atoms. The van der Waals surface area contributed by atoms with Crippen molar-refractivity contribution in [3.63, 3.8) is 0 Å². The molecule has 22 heavy (non-hydrogen) atoms. The van der Waals surface area contributed by atoms with Crippen LogP contribution >= 0.6 is 0 Å². The third-order valence-electron chi connectivity index (χ3n) is 3.20. The van der Waals surface area contributed by atoms with Crippen LogP contribution in [0, 0.1) is 0 Å². The average Bonchev–Trinajstić information content (AvgIpc) is 2.53. The van der Waals surface area contributed by atoms with Gasteiger partial charge in [0, 0.05) is 38.6 Å². The largest absolute Gasteiger partial charge is 0.316 e. The lowest BCUT2D eigenvalue weighted by Crippen LogP contribution is -2.24. The molecule has 1 N–H and O–H groups in total. The van der Waals surface area contributed by atoms with Crippen molar-refractivity contribution in [3.05, 3.63) is 54.4 Å². The Bertz CT molecular complexity index is 743. The Hall–Kier alpha value is -2.25. The smallest absolute Gasteiger partial charge is 0.240 e. The Morgan fingerprint density at radius 1 is 1.23 bits per heavy atom. The van der Waals surface area contributed by atoms with Crippen molar-refractivity contribution in [2.75, 3.05) is 11.9 Å². The Balaban J connectivity index is 2.11. The highest BCUT2D eigenvalue weighted by molar-refractivity contribution is 7.89. The Morgan fingerprint density at radius 3 is 2.45 bits per heavy atom. The number of anilines is 1. The molecule has 1 heterocycles. The van der Waals surface area contributed by atoms with E-state index in [0.29, 0.717) is 5.69 Å². The van der Waals surface area contributed by atoms with E-state index in [1.807, 2.05) is 0 Å². The lowest BCUT2D eigenvalue weighted by atomic mass is 10.3. The SMILES string of the molecule is CC(=O)N(C)c1ccc(S(=O)(=O)NCc2cccnc2)cc1. The summed E-state index contributed by atoms with van der Waals surface area (Å²) in [7, 11) is -1.97. The first-order valence-corrected chi connectivity index (χ1v) is 8.11. The molecule has 0 aliphatic carbocycles. The molecule has 0 saturated carbocycles. The third-order valence-corrected chi connectivity index (χ3v) is 4.61. The summed E-state index contributed by atoms with van der Waals surface area (Å²) >= 11 is 0. The summed E-state index contributed by atoms with van der Waals surface area (Å²) in [5.41, 5.74) is 1.41. The van der Waals surface area contributed by atoms with Crippen molar-refractivity contribution in [1.29, 1.82) is 0 Å². The second kappa shape index (κ2) is 6.67. The van der Waals surface area contributed by atoms with E-state index in [2.05, 4.69) is 9.71 Å². The van der Waals surface area contributed by atoms with Crippen LogP contribution < -0.4 is 9.62 Å². The molecule has 0 fully saturated rings. The van der Waals surface area contributed by atoms with Gasteiger partial charge in [0.2, 0.25) is 15.9 Å². The highest BCUT2D eigenvalue weighted by atomic mass is 32.2. The maximum Gasteiger partial charge on any atom is 0.240 e. The Kier molecular flexibility index (Phi) is 4.89. The fourth-order valence-corrected chi connectivity index (χ4v) is 2.81. The molecule has 0 radical (unpaired) electrons. The van der Waals surface area contributed by atoms with Crippen LogP contribution in [0.3, 0.4) is 0 Å². The molecule has 0 atom stereocenters. The molecule has 116 valence electrons. The third kappa shape index (κ3) is 3.90. The molecule has 0 unspecified atom stereocenters. The Morgan fingerprint density at radius 2 is 1.91 bits per heavy atom. The van der Waals surface area contributed by atoms with Crippen molar-refractivity contribution in [1.82, 2.24) is 9.71 Å². The molecule has 0 aliphatic heterocycles. The van der Waals surface area contributed by atoms with Crippen LogP contribution in [0.4, 0.5) is 5.69 Å². The lowest BCUT2D eigenvalue weighted by molar-refractivity contribution is -0.116. The highest BCUT2D eigenvalue weighted by Gasteiger charge is 2.14. The number of amides is 1. The summed E-state index contributed by atoms with van der Waals surface area (Å²) in [5.74, 6) is -0.120. The van der Waals surface area contributed by atoms with E-state index in [0.717, 1.165) is 5.56 Å². The summed E-state index contributed by atoms with van der Waals surface area (Å²) < 4.78 is 26.9. The number of hydrogen-bond donors (Lipinski definition) is 1. The summed E-state index contributed by atoms with van der Waals surface area (Å²) in [6.45, 7) is 1.62. The number of sulfonamides is 1. The van der Waals surface area contributed by atoms with Crippen molar-refractivity contribution in [2.45, 2.75) is 18.4 Å². The van der Waals surface area contributed by atoms with Gasteiger partial charge in [0.15, 0.2) is 0 Å². The molecule has 1 aromatic carbocycles. The van der Waals surface area contributed by atoms with E-state index in [1.165, 1.54) is 24.0 Å². The Labute approximate surface area is 129 Å². The molecule has 1 aromatic heterocycles. The molecule has 2 aromatic rings. The number of rotatable bonds is 5. The van der Waals surface area contributed by atoms with Gasteiger partial charge in [0.25, 0.3) is 0 Å². The van der Waals surface area contributed by atoms with Crippen LogP contribution in [-0.4, -0.2) is 26.4 Å². The number of pyridine rings is 1. The summed E-state index contributed by atoms with van der Waals surface area (Å²) in [5, 5.41) is 0. The van der Waals surface area contributed by atoms with Crippen LogP contribution in [0.1, 0.15) is 12.5 Å². The fraction of sp³-hybridized carbons (Fsp3) is 0.200. The summed E-state index contributed by atoms with van der Waals surface area (Å²) in [4.78, 5) is 16.8. The number of hydrogen-bond acceptors (Lipinski definition) is 4. The van der Waals surface area contributed by atoms with Gasteiger partial charge >= 0.3 is 0 Å². The van der Waals surface area contributed by atoms with E-state index in [-0.39, 0.29) is 17.3 Å². The van der Waals surface area contributed by atoms with Crippen molar-refractivity contribution in [2.24, 2.45) is 0 Å². The molecule has 0 spiro atoms. The van der Waals surface area contributed by atoms with Crippen LogP contribution in [0.5, 0.6) is 0 Å². The molecule has 0 saturated heterocycles. The molecule has 2 rings (SSSR count). The van der Waals surface area contributed by atoms with E-state index < -0.39 is 10.0 Å². The van der Waals surface area contributed by atoms with Crippen LogP contribution in [-0.2, 0) is 21.4 Å². The summed E-state index contributed by atoms with van der Waals surface area (Å²) in [6.07, 6.45) is 3.23. The molecule has 0 aliphatic rings. The minimum Gasteiger partial charge on any atom is -0.316 e. The maximum absolute atomic E-state index is 12.2.